The number of hydrogen-bond donors (Lipinski definition) is 2. The van der Waals surface area contributed by atoms with Gasteiger partial charge < -0.3 is 11.1 Å². The van der Waals surface area contributed by atoms with Crippen molar-refractivity contribution in [1.82, 2.24) is 10.3 Å². The number of nitrogens with zero attached hydrogens (tertiary/aromatic N) is 1. The normalized spacial score (nSPS) is 10.3. The Morgan fingerprint density at radius 1 is 1.56 bits per heavy atom. The van der Waals surface area contributed by atoms with Crippen LogP contribution in [0.3, 0.4) is 0 Å². The highest BCUT2D eigenvalue weighted by Crippen LogP contribution is 2.20. The van der Waals surface area contributed by atoms with Crippen molar-refractivity contribution in [3.05, 3.63) is 44.3 Å². The summed E-state index contributed by atoms with van der Waals surface area (Å²) in [4.78, 5) is 17.2. The van der Waals surface area contributed by atoms with Crippen molar-refractivity contribution in [2.24, 2.45) is 0 Å². The molecule has 94 valence electrons. The maximum atomic E-state index is 11.9. The Morgan fingerprint density at radius 3 is 2.94 bits per heavy atom. The molecular formula is C12H12BrN3OS. The zero-order chi connectivity index (χ0) is 13.1. The van der Waals surface area contributed by atoms with Crippen molar-refractivity contribution < 1.29 is 4.79 Å². The van der Waals surface area contributed by atoms with E-state index in [1.54, 1.807) is 35.7 Å². The number of nitrogen functional groups attached to an aromatic ring is 1. The largest absolute Gasteiger partial charge is 0.398 e. The second-order valence-corrected chi connectivity index (χ2v) is 5.96. The second-order valence-electron chi connectivity index (χ2n) is 3.78. The predicted octanol–water partition coefficient (Wildman–Crippen LogP) is 2.73. The lowest BCUT2D eigenvalue weighted by Gasteiger charge is -2.05. The molecule has 0 saturated heterocycles. The van der Waals surface area contributed by atoms with Crippen molar-refractivity contribution in [2.45, 2.75) is 13.5 Å². The third-order valence-corrected chi connectivity index (χ3v) is 3.93. The van der Waals surface area contributed by atoms with Gasteiger partial charge in [-0.15, -0.1) is 11.3 Å². The van der Waals surface area contributed by atoms with Crippen molar-refractivity contribution in [3.63, 3.8) is 0 Å². The number of anilines is 1. The number of nitrogens with one attached hydrogen (secondary N) is 1. The van der Waals surface area contributed by atoms with E-state index in [1.807, 2.05) is 6.92 Å². The van der Waals surface area contributed by atoms with Gasteiger partial charge in [0.05, 0.1) is 6.54 Å². The summed E-state index contributed by atoms with van der Waals surface area (Å²) in [5.41, 5.74) is 6.86. The van der Waals surface area contributed by atoms with E-state index in [4.69, 9.17) is 5.73 Å². The van der Waals surface area contributed by atoms with Gasteiger partial charge in [0.15, 0.2) is 0 Å². The second kappa shape index (κ2) is 5.49. The number of carbonyl (C=O) groups excluding carboxylic acids is 1. The lowest BCUT2D eigenvalue weighted by molar-refractivity contribution is 0.0951. The number of aryl methyl sites for hydroxylation is 1. The van der Waals surface area contributed by atoms with Crippen molar-refractivity contribution >= 4 is 38.9 Å². The maximum absolute atomic E-state index is 11.9. The first-order valence-electron chi connectivity index (χ1n) is 5.31. The van der Waals surface area contributed by atoms with Crippen LogP contribution >= 0.6 is 27.3 Å². The Labute approximate surface area is 117 Å². The molecule has 0 atom stereocenters. The van der Waals surface area contributed by atoms with Gasteiger partial charge >= 0.3 is 0 Å². The smallest absolute Gasteiger partial charge is 0.251 e. The number of thiazole rings is 1. The monoisotopic (exact) mass is 325 g/mol. The van der Waals surface area contributed by atoms with Crippen LogP contribution < -0.4 is 11.1 Å². The molecule has 0 saturated carbocycles. The highest BCUT2D eigenvalue weighted by atomic mass is 79.9. The molecule has 0 bridgehead atoms. The molecule has 0 aliphatic carbocycles. The van der Waals surface area contributed by atoms with Crippen LogP contribution in [0.5, 0.6) is 0 Å². The van der Waals surface area contributed by atoms with Crippen LogP contribution in [0.4, 0.5) is 5.69 Å². The zero-order valence-electron chi connectivity index (χ0n) is 9.74. The van der Waals surface area contributed by atoms with Crippen LogP contribution in [0.25, 0.3) is 0 Å². The van der Waals surface area contributed by atoms with Crippen LogP contribution in [0.1, 0.15) is 20.2 Å². The molecular weight excluding hydrogens is 314 g/mol. The van der Waals surface area contributed by atoms with E-state index in [0.29, 0.717) is 17.8 Å². The van der Waals surface area contributed by atoms with Gasteiger partial charge in [-0.3, -0.25) is 4.79 Å². The number of aromatic nitrogens is 1. The van der Waals surface area contributed by atoms with Gasteiger partial charge in [-0.05, 0) is 41.1 Å². The van der Waals surface area contributed by atoms with Gasteiger partial charge in [0.1, 0.15) is 5.01 Å². The summed E-state index contributed by atoms with van der Waals surface area (Å²) in [6.07, 6.45) is 1.80. The Morgan fingerprint density at radius 2 is 2.33 bits per heavy atom. The molecule has 3 N–H and O–H groups in total. The van der Waals surface area contributed by atoms with Gasteiger partial charge in [0.2, 0.25) is 0 Å². The Bertz CT molecular complexity index is 582. The number of rotatable bonds is 3. The number of halogens is 1. The number of carbonyl (C=O) groups is 1. The van der Waals surface area contributed by atoms with E-state index in [1.165, 1.54) is 0 Å². The average molecular weight is 326 g/mol. The third-order valence-electron chi connectivity index (χ3n) is 2.33. The third kappa shape index (κ3) is 3.08. The molecule has 6 heteroatoms. The van der Waals surface area contributed by atoms with E-state index in [0.717, 1.165) is 14.4 Å². The summed E-state index contributed by atoms with van der Waals surface area (Å²) in [6, 6.07) is 5.10. The predicted molar refractivity (Wildman–Crippen MR) is 76.6 cm³/mol. The average Bonchev–Trinajstić information content (AvgIpc) is 2.75. The van der Waals surface area contributed by atoms with E-state index in [-0.39, 0.29) is 5.91 Å². The first-order chi connectivity index (χ1) is 8.56. The van der Waals surface area contributed by atoms with Crippen molar-refractivity contribution in [1.29, 1.82) is 0 Å². The molecule has 1 aromatic carbocycles. The number of nitrogens with two attached hydrogens (primary N) is 1. The standard InChI is InChI=1S/C12H12BrN3OS/c1-7-5-15-11(18-7)6-16-12(17)8-2-3-10(14)9(13)4-8/h2-5H,6,14H2,1H3,(H,16,17). The molecule has 0 aliphatic heterocycles. The molecule has 1 heterocycles. The van der Waals surface area contributed by atoms with Crippen molar-refractivity contribution in [2.75, 3.05) is 5.73 Å². The summed E-state index contributed by atoms with van der Waals surface area (Å²) in [7, 11) is 0. The maximum Gasteiger partial charge on any atom is 0.251 e. The van der Waals surface area contributed by atoms with Crippen LogP contribution in [-0.4, -0.2) is 10.9 Å². The van der Waals surface area contributed by atoms with Gasteiger partial charge in [0, 0.05) is 26.8 Å². The van der Waals surface area contributed by atoms with Crippen LogP contribution in [0.2, 0.25) is 0 Å². The highest BCUT2D eigenvalue weighted by Gasteiger charge is 2.08. The Hall–Kier alpha value is -1.40. The number of amides is 1. The van der Waals surface area contributed by atoms with Crippen LogP contribution in [-0.2, 0) is 6.54 Å². The molecule has 2 aromatic rings. The fraction of sp³-hybridized carbons (Fsp3) is 0.167. The number of benzene rings is 1. The summed E-state index contributed by atoms with van der Waals surface area (Å²) in [5, 5.41) is 3.72. The summed E-state index contributed by atoms with van der Waals surface area (Å²) in [6.45, 7) is 2.43. The molecule has 0 aliphatic rings. The minimum Gasteiger partial charge on any atom is -0.398 e. The molecule has 18 heavy (non-hydrogen) atoms. The van der Waals surface area contributed by atoms with E-state index < -0.39 is 0 Å². The minimum absolute atomic E-state index is 0.136. The van der Waals surface area contributed by atoms with E-state index >= 15 is 0 Å². The van der Waals surface area contributed by atoms with Crippen LogP contribution in [0, 0.1) is 6.92 Å². The fourth-order valence-electron chi connectivity index (χ4n) is 1.41. The molecule has 1 aromatic heterocycles. The molecule has 0 radical (unpaired) electrons. The lowest BCUT2D eigenvalue weighted by atomic mass is 10.2. The molecule has 2 rings (SSSR count). The molecule has 4 nitrogen and oxygen atoms in total. The summed E-state index contributed by atoms with van der Waals surface area (Å²) >= 11 is 4.87. The minimum atomic E-state index is -0.136. The molecule has 0 unspecified atom stereocenters. The lowest BCUT2D eigenvalue weighted by Crippen LogP contribution is -2.22. The van der Waals surface area contributed by atoms with Gasteiger partial charge in [-0.1, -0.05) is 0 Å². The molecule has 0 spiro atoms. The van der Waals surface area contributed by atoms with E-state index in [9.17, 15) is 4.79 Å². The van der Waals surface area contributed by atoms with Crippen molar-refractivity contribution in [3.8, 4) is 0 Å². The quantitative estimate of drug-likeness (QED) is 0.852. The summed E-state index contributed by atoms with van der Waals surface area (Å²) in [5.74, 6) is -0.136. The Kier molecular flexibility index (Phi) is 3.98. The highest BCUT2D eigenvalue weighted by molar-refractivity contribution is 9.10. The van der Waals surface area contributed by atoms with Crippen LogP contribution in [0.15, 0.2) is 28.9 Å². The van der Waals surface area contributed by atoms with E-state index in [2.05, 4.69) is 26.2 Å². The molecule has 0 fully saturated rings. The van der Waals surface area contributed by atoms with Gasteiger partial charge in [-0.2, -0.15) is 0 Å². The topological polar surface area (TPSA) is 68.0 Å². The zero-order valence-corrected chi connectivity index (χ0v) is 12.1. The van der Waals surface area contributed by atoms with Gasteiger partial charge in [0.25, 0.3) is 5.91 Å². The SMILES string of the molecule is Cc1cnc(CNC(=O)c2ccc(N)c(Br)c2)s1. The Balaban J connectivity index is 2.01. The fourth-order valence-corrected chi connectivity index (χ4v) is 2.52. The number of hydrogen-bond acceptors (Lipinski definition) is 4. The van der Waals surface area contributed by atoms with Gasteiger partial charge in [-0.25, -0.2) is 4.98 Å². The first kappa shape index (κ1) is 13.0. The summed E-state index contributed by atoms with van der Waals surface area (Å²) < 4.78 is 0.722. The first-order valence-corrected chi connectivity index (χ1v) is 6.92. The molecule has 1 amide bonds.